The topological polar surface area (TPSA) is 67.9 Å². The fourth-order valence-corrected chi connectivity index (χ4v) is 2.65. The van der Waals surface area contributed by atoms with Gasteiger partial charge in [0.2, 0.25) is 5.91 Å². The molecule has 0 bridgehead atoms. The van der Waals surface area contributed by atoms with Gasteiger partial charge in [0.05, 0.1) is 13.2 Å². The fraction of sp³-hybridized carbons (Fsp3) is 0.467. The van der Waals surface area contributed by atoms with Crippen LogP contribution < -0.4 is 5.32 Å². The van der Waals surface area contributed by atoms with Gasteiger partial charge in [-0.1, -0.05) is 24.3 Å². The van der Waals surface area contributed by atoms with E-state index in [9.17, 15) is 9.59 Å². The van der Waals surface area contributed by atoms with E-state index in [2.05, 4.69) is 11.4 Å². The molecule has 0 radical (unpaired) electrons. The van der Waals surface area contributed by atoms with Gasteiger partial charge in [0.15, 0.2) is 0 Å². The molecule has 0 aromatic heterocycles. The molecule has 3 rings (SSSR count). The SMILES string of the molecule is O=C(CN1CCOC1=O)NC[C@@H]1OCCc2ccccc21. The Morgan fingerprint density at radius 1 is 1.33 bits per heavy atom. The van der Waals surface area contributed by atoms with Crippen LogP contribution >= 0.6 is 0 Å². The van der Waals surface area contributed by atoms with Crippen molar-refractivity contribution in [3.8, 4) is 0 Å². The molecule has 1 atom stereocenters. The highest BCUT2D eigenvalue weighted by molar-refractivity contribution is 5.82. The maximum Gasteiger partial charge on any atom is 0.410 e. The van der Waals surface area contributed by atoms with E-state index in [1.807, 2.05) is 18.2 Å². The average Bonchev–Trinajstić information content (AvgIpc) is 2.90. The molecule has 21 heavy (non-hydrogen) atoms. The zero-order valence-electron chi connectivity index (χ0n) is 11.7. The Bertz CT molecular complexity index is 546. The lowest BCUT2D eigenvalue weighted by molar-refractivity contribution is -0.122. The molecule has 1 aromatic carbocycles. The van der Waals surface area contributed by atoms with Crippen molar-refractivity contribution in [3.63, 3.8) is 0 Å². The van der Waals surface area contributed by atoms with Crippen molar-refractivity contribution in [2.45, 2.75) is 12.5 Å². The zero-order chi connectivity index (χ0) is 14.7. The van der Waals surface area contributed by atoms with Gasteiger partial charge >= 0.3 is 6.09 Å². The van der Waals surface area contributed by atoms with Crippen LogP contribution in [-0.2, 0) is 20.7 Å². The largest absolute Gasteiger partial charge is 0.448 e. The molecular formula is C15H18N2O4. The second-order valence-corrected chi connectivity index (χ2v) is 5.15. The first-order valence-electron chi connectivity index (χ1n) is 7.12. The molecule has 0 aliphatic carbocycles. The Morgan fingerprint density at radius 3 is 3.00 bits per heavy atom. The highest BCUT2D eigenvalue weighted by Crippen LogP contribution is 2.26. The zero-order valence-corrected chi connectivity index (χ0v) is 11.7. The van der Waals surface area contributed by atoms with Gasteiger partial charge in [-0.05, 0) is 17.5 Å². The highest BCUT2D eigenvalue weighted by Gasteiger charge is 2.25. The van der Waals surface area contributed by atoms with Crippen molar-refractivity contribution in [2.75, 3.05) is 32.8 Å². The second kappa shape index (κ2) is 6.13. The lowest BCUT2D eigenvalue weighted by Crippen LogP contribution is -2.40. The quantitative estimate of drug-likeness (QED) is 0.893. The van der Waals surface area contributed by atoms with Gasteiger partial charge in [-0.25, -0.2) is 4.79 Å². The van der Waals surface area contributed by atoms with Crippen molar-refractivity contribution < 1.29 is 19.1 Å². The van der Waals surface area contributed by atoms with Crippen LogP contribution in [0.1, 0.15) is 17.2 Å². The van der Waals surface area contributed by atoms with Gasteiger partial charge in [-0.15, -0.1) is 0 Å². The minimum absolute atomic E-state index is 0.0349. The first-order chi connectivity index (χ1) is 10.2. The van der Waals surface area contributed by atoms with E-state index in [-0.39, 0.29) is 18.6 Å². The lowest BCUT2D eigenvalue weighted by atomic mass is 9.97. The summed E-state index contributed by atoms with van der Waals surface area (Å²) in [5.41, 5.74) is 2.40. The number of hydrogen-bond donors (Lipinski definition) is 1. The molecular weight excluding hydrogens is 272 g/mol. The molecule has 0 unspecified atom stereocenters. The molecule has 1 aromatic rings. The Morgan fingerprint density at radius 2 is 2.19 bits per heavy atom. The van der Waals surface area contributed by atoms with Crippen molar-refractivity contribution in [2.24, 2.45) is 0 Å². The number of nitrogens with zero attached hydrogens (tertiary/aromatic N) is 1. The van der Waals surface area contributed by atoms with Crippen LogP contribution in [0, 0.1) is 0 Å². The summed E-state index contributed by atoms with van der Waals surface area (Å²) in [6.07, 6.45) is 0.356. The molecule has 2 aliphatic heterocycles. The number of hydrogen-bond acceptors (Lipinski definition) is 4. The van der Waals surface area contributed by atoms with Gasteiger partial charge in [-0.2, -0.15) is 0 Å². The standard InChI is InChI=1S/C15H18N2O4/c18-14(10-17-6-8-21-15(17)19)16-9-13-12-4-2-1-3-11(12)5-7-20-13/h1-4,13H,5-10H2,(H,16,18)/t13-/m0/s1. The molecule has 2 aliphatic rings. The van der Waals surface area contributed by atoms with Crippen LogP contribution in [-0.4, -0.2) is 49.7 Å². The van der Waals surface area contributed by atoms with Crippen molar-refractivity contribution in [3.05, 3.63) is 35.4 Å². The molecule has 1 fully saturated rings. The van der Waals surface area contributed by atoms with Crippen LogP contribution in [0.15, 0.2) is 24.3 Å². The molecule has 6 heteroatoms. The third-order valence-corrected chi connectivity index (χ3v) is 3.76. The monoisotopic (exact) mass is 290 g/mol. The molecule has 112 valence electrons. The molecule has 0 saturated carbocycles. The molecule has 1 N–H and O–H groups in total. The second-order valence-electron chi connectivity index (χ2n) is 5.15. The van der Waals surface area contributed by atoms with Crippen molar-refractivity contribution in [1.29, 1.82) is 0 Å². The molecule has 1 saturated heterocycles. The number of carbonyl (C=O) groups excluding carboxylic acids is 2. The third-order valence-electron chi connectivity index (χ3n) is 3.76. The van der Waals surface area contributed by atoms with E-state index >= 15 is 0 Å². The van der Waals surface area contributed by atoms with Gasteiger partial charge < -0.3 is 14.8 Å². The number of benzene rings is 1. The number of nitrogens with one attached hydrogen (secondary N) is 1. The molecule has 2 heterocycles. The van der Waals surface area contributed by atoms with E-state index < -0.39 is 6.09 Å². The average molecular weight is 290 g/mol. The highest BCUT2D eigenvalue weighted by atomic mass is 16.6. The lowest BCUT2D eigenvalue weighted by Gasteiger charge is -2.26. The summed E-state index contributed by atoms with van der Waals surface area (Å²) in [5, 5.41) is 2.83. The van der Waals surface area contributed by atoms with Crippen LogP contribution in [0.4, 0.5) is 4.79 Å². The van der Waals surface area contributed by atoms with E-state index in [1.54, 1.807) is 0 Å². The Balaban J connectivity index is 1.53. The van der Waals surface area contributed by atoms with Crippen molar-refractivity contribution >= 4 is 12.0 Å². The number of carbonyl (C=O) groups is 2. The van der Waals surface area contributed by atoms with Crippen LogP contribution in [0.25, 0.3) is 0 Å². The number of ether oxygens (including phenoxy) is 2. The molecule has 6 nitrogen and oxygen atoms in total. The number of amides is 2. The van der Waals surface area contributed by atoms with Gasteiger partial charge in [0.25, 0.3) is 0 Å². The fourth-order valence-electron chi connectivity index (χ4n) is 2.65. The minimum atomic E-state index is -0.426. The van der Waals surface area contributed by atoms with E-state index in [0.29, 0.717) is 26.3 Å². The van der Waals surface area contributed by atoms with E-state index in [1.165, 1.54) is 10.5 Å². The van der Waals surface area contributed by atoms with Gasteiger partial charge in [0, 0.05) is 6.54 Å². The predicted octanol–water partition coefficient (Wildman–Crippen LogP) is 0.869. The Kier molecular flexibility index (Phi) is 4.06. The summed E-state index contributed by atoms with van der Waals surface area (Å²) >= 11 is 0. The maximum absolute atomic E-state index is 11.9. The summed E-state index contributed by atoms with van der Waals surface area (Å²) in [7, 11) is 0. The summed E-state index contributed by atoms with van der Waals surface area (Å²) in [6, 6.07) is 8.11. The number of fused-ring (bicyclic) bond motifs is 1. The molecule has 0 spiro atoms. The first-order valence-corrected chi connectivity index (χ1v) is 7.12. The predicted molar refractivity (Wildman–Crippen MR) is 74.8 cm³/mol. The molecule has 2 amide bonds. The summed E-state index contributed by atoms with van der Waals surface area (Å²) < 4.78 is 10.5. The van der Waals surface area contributed by atoms with E-state index in [0.717, 1.165) is 12.0 Å². The Hall–Kier alpha value is -2.08. The van der Waals surface area contributed by atoms with Crippen LogP contribution in [0.2, 0.25) is 0 Å². The normalized spacial score (nSPS) is 20.9. The number of rotatable bonds is 4. The minimum Gasteiger partial charge on any atom is -0.448 e. The third kappa shape index (κ3) is 3.16. The maximum atomic E-state index is 11.9. The summed E-state index contributed by atoms with van der Waals surface area (Å²) in [5.74, 6) is -0.194. The number of cyclic esters (lactones) is 1. The van der Waals surface area contributed by atoms with E-state index in [4.69, 9.17) is 9.47 Å². The van der Waals surface area contributed by atoms with Crippen LogP contribution in [0.3, 0.4) is 0 Å². The van der Waals surface area contributed by atoms with Crippen LogP contribution in [0.5, 0.6) is 0 Å². The first kappa shape index (κ1) is 13.9. The smallest absolute Gasteiger partial charge is 0.410 e. The van der Waals surface area contributed by atoms with Gasteiger partial charge in [0.1, 0.15) is 19.3 Å². The summed E-state index contributed by atoms with van der Waals surface area (Å²) in [4.78, 5) is 24.6. The van der Waals surface area contributed by atoms with Gasteiger partial charge in [-0.3, -0.25) is 9.69 Å². The Labute approximate surface area is 123 Å². The van der Waals surface area contributed by atoms with Crippen molar-refractivity contribution in [1.82, 2.24) is 10.2 Å². The summed E-state index contributed by atoms with van der Waals surface area (Å²) in [6.45, 7) is 1.93.